The van der Waals surface area contributed by atoms with Gasteiger partial charge in [-0.1, -0.05) is 53.7 Å². The van der Waals surface area contributed by atoms with Crippen molar-refractivity contribution in [3.63, 3.8) is 0 Å². The molecule has 0 radical (unpaired) electrons. The summed E-state index contributed by atoms with van der Waals surface area (Å²) >= 11 is 0. The molecular weight excluding hydrogens is 326 g/mol. The summed E-state index contributed by atoms with van der Waals surface area (Å²) in [6.45, 7) is 1.22. The van der Waals surface area contributed by atoms with E-state index in [0.29, 0.717) is 37.3 Å². The Balaban J connectivity index is 1.63. The highest BCUT2D eigenvalue weighted by Gasteiger charge is 2.28. The first-order valence-corrected chi connectivity index (χ1v) is 9.05. The molecule has 1 aliphatic heterocycles. The van der Waals surface area contributed by atoms with Gasteiger partial charge in [-0.05, 0) is 30.0 Å². The van der Waals surface area contributed by atoms with Crippen LogP contribution >= 0.6 is 0 Å². The number of ether oxygens (including phenoxy) is 1. The molecule has 0 bridgehead atoms. The molecule has 1 aliphatic rings. The molecule has 4 rings (SSSR count). The summed E-state index contributed by atoms with van der Waals surface area (Å²) in [5.41, 5.74) is 3.96. The Morgan fingerprint density at radius 2 is 1.92 bits per heavy atom. The number of anilines is 1. The van der Waals surface area contributed by atoms with E-state index in [9.17, 15) is 0 Å². The number of methoxy groups -OCH3 is 1. The average Bonchev–Trinajstić information content (AvgIpc) is 3.15. The van der Waals surface area contributed by atoms with Gasteiger partial charge in [0.15, 0.2) is 5.82 Å². The third-order valence-electron chi connectivity index (χ3n) is 4.89. The first-order chi connectivity index (χ1) is 12.8. The molecule has 26 heavy (non-hydrogen) atoms. The lowest BCUT2D eigenvalue weighted by molar-refractivity contribution is 0.192. The second kappa shape index (κ2) is 7.70. The maximum atomic E-state index is 5.37. The van der Waals surface area contributed by atoms with Gasteiger partial charge in [-0.25, -0.2) is 0 Å². The SMILES string of the molecule is COCCc1nc(CN2c3ccccc3CCC2c2ccccc2)no1. The van der Waals surface area contributed by atoms with Gasteiger partial charge < -0.3 is 14.2 Å². The highest BCUT2D eigenvalue weighted by molar-refractivity contribution is 5.57. The van der Waals surface area contributed by atoms with Gasteiger partial charge in [0.25, 0.3) is 0 Å². The quantitative estimate of drug-likeness (QED) is 0.674. The molecule has 2 heterocycles. The predicted octanol–water partition coefficient (Wildman–Crippen LogP) is 3.95. The van der Waals surface area contributed by atoms with Crippen LogP contribution < -0.4 is 4.90 Å². The van der Waals surface area contributed by atoms with Crippen molar-refractivity contribution in [1.29, 1.82) is 0 Å². The lowest BCUT2D eigenvalue weighted by Crippen LogP contribution is -2.33. The summed E-state index contributed by atoms with van der Waals surface area (Å²) in [5.74, 6) is 1.34. The second-order valence-corrected chi connectivity index (χ2v) is 6.57. The molecule has 3 aromatic rings. The summed E-state index contributed by atoms with van der Waals surface area (Å²) in [7, 11) is 1.67. The molecule has 1 unspecified atom stereocenters. The number of para-hydroxylation sites is 1. The molecular formula is C21H23N3O2. The Kier molecular flexibility index (Phi) is 4.97. The molecule has 134 valence electrons. The van der Waals surface area contributed by atoms with Gasteiger partial charge in [0.1, 0.15) is 0 Å². The zero-order valence-electron chi connectivity index (χ0n) is 15.0. The molecule has 0 saturated carbocycles. The molecule has 5 heteroatoms. The molecule has 1 atom stereocenters. The van der Waals surface area contributed by atoms with Crippen molar-refractivity contribution in [2.45, 2.75) is 31.8 Å². The van der Waals surface area contributed by atoms with E-state index in [1.54, 1.807) is 7.11 Å². The number of benzene rings is 2. The maximum Gasteiger partial charge on any atom is 0.229 e. The molecule has 0 fully saturated rings. The molecule has 0 N–H and O–H groups in total. The predicted molar refractivity (Wildman–Crippen MR) is 100 cm³/mol. The fraction of sp³-hybridized carbons (Fsp3) is 0.333. The van der Waals surface area contributed by atoms with E-state index in [2.05, 4.69) is 69.6 Å². The summed E-state index contributed by atoms with van der Waals surface area (Å²) in [5, 5.41) is 4.18. The molecule has 0 spiro atoms. The Bertz CT molecular complexity index is 847. The van der Waals surface area contributed by atoms with E-state index in [1.165, 1.54) is 16.8 Å². The van der Waals surface area contributed by atoms with Crippen molar-refractivity contribution < 1.29 is 9.26 Å². The van der Waals surface area contributed by atoms with E-state index >= 15 is 0 Å². The van der Waals surface area contributed by atoms with Crippen LogP contribution in [0, 0.1) is 0 Å². The van der Waals surface area contributed by atoms with Crippen LogP contribution in [0.25, 0.3) is 0 Å². The standard InChI is InChI=1S/C21H23N3O2/c1-25-14-13-21-22-20(23-26-21)15-24-18-10-6-5-9-17(18)11-12-19(24)16-7-3-2-4-8-16/h2-10,19H,11-15H2,1H3. The Morgan fingerprint density at radius 3 is 2.77 bits per heavy atom. The van der Waals surface area contributed by atoms with E-state index < -0.39 is 0 Å². The average molecular weight is 349 g/mol. The van der Waals surface area contributed by atoms with Gasteiger partial charge in [-0.15, -0.1) is 0 Å². The number of hydrogen-bond acceptors (Lipinski definition) is 5. The van der Waals surface area contributed by atoms with Gasteiger partial charge in [0.2, 0.25) is 5.89 Å². The number of rotatable bonds is 6. The normalized spacial score (nSPS) is 16.5. The number of aryl methyl sites for hydroxylation is 1. The molecule has 0 saturated heterocycles. The zero-order valence-corrected chi connectivity index (χ0v) is 15.0. The Morgan fingerprint density at radius 1 is 1.12 bits per heavy atom. The van der Waals surface area contributed by atoms with Gasteiger partial charge in [0, 0.05) is 12.8 Å². The van der Waals surface area contributed by atoms with E-state index in [0.717, 1.165) is 12.8 Å². The van der Waals surface area contributed by atoms with Gasteiger partial charge in [-0.3, -0.25) is 0 Å². The monoisotopic (exact) mass is 349 g/mol. The number of aromatic nitrogens is 2. The lowest BCUT2D eigenvalue weighted by atomic mass is 9.91. The summed E-state index contributed by atoms with van der Waals surface area (Å²) in [6, 6.07) is 19.6. The highest BCUT2D eigenvalue weighted by Crippen LogP contribution is 2.39. The number of fused-ring (bicyclic) bond motifs is 1. The lowest BCUT2D eigenvalue weighted by Gasteiger charge is -2.38. The minimum absolute atomic E-state index is 0.312. The smallest absolute Gasteiger partial charge is 0.229 e. The van der Waals surface area contributed by atoms with Gasteiger partial charge >= 0.3 is 0 Å². The first-order valence-electron chi connectivity index (χ1n) is 9.05. The minimum atomic E-state index is 0.312. The van der Waals surface area contributed by atoms with E-state index in [1.807, 2.05) is 0 Å². The van der Waals surface area contributed by atoms with Crippen LogP contribution in [0.1, 0.15) is 35.3 Å². The summed E-state index contributed by atoms with van der Waals surface area (Å²) in [6.07, 6.45) is 2.80. The van der Waals surface area contributed by atoms with Crippen LogP contribution in [0.2, 0.25) is 0 Å². The van der Waals surface area contributed by atoms with Crippen LogP contribution in [0.5, 0.6) is 0 Å². The molecule has 1 aromatic heterocycles. The summed E-state index contributed by atoms with van der Waals surface area (Å²) in [4.78, 5) is 6.95. The van der Waals surface area contributed by atoms with Gasteiger partial charge in [0.05, 0.1) is 25.6 Å². The van der Waals surface area contributed by atoms with Crippen molar-refractivity contribution in [3.8, 4) is 0 Å². The van der Waals surface area contributed by atoms with E-state index in [4.69, 9.17) is 9.26 Å². The zero-order chi connectivity index (χ0) is 17.8. The molecule has 5 nitrogen and oxygen atoms in total. The van der Waals surface area contributed by atoms with Crippen molar-refractivity contribution in [3.05, 3.63) is 77.4 Å². The minimum Gasteiger partial charge on any atom is -0.384 e. The van der Waals surface area contributed by atoms with Crippen LogP contribution in [0.15, 0.2) is 59.1 Å². The topological polar surface area (TPSA) is 51.4 Å². The van der Waals surface area contributed by atoms with Crippen LogP contribution in [-0.4, -0.2) is 23.9 Å². The number of nitrogens with zero attached hydrogens (tertiary/aromatic N) is 3. The third kappa shape index (κ3) is 3.48. The third-order valence-corrected chi connectivity index (χ3v) is 4.89. The van der Waals surface area contributed by atoms with Gasteiger partial charge in [-0.2, -0.15) is 4.98 Å². The van der Waals surface area contributed by atoms with Crippen LogP contribution in [-0.2, 0) is 24.1 Å². The fourth-order valence-electron chi connectivity index (χ4n) is 3.63. The Hall–Kier alpha value is -2.66. The highest BCUT2D eigenvalue weighted by atomic mass is 16.5. The van der Waals surface area contributed by atoms with Crippen molar-refractivity contribution in [2.24, 2.45) is 0 Å². The maximum absolute atomic E-state index is 5.37. The van der Waals surface area contributed by atoms with Crippen LogP contribution in [0.3, 0.4) is 0 Å². The largest absolute Gasteiger partial charge is 0.384 e. The molecule has 0 amide bonds. The van der Waals surface area contributed by atoms with Crippen molar-refractivity contribution >= 4 is 5.69 Å². The van der Waals surface area contributed by atoms with E-state index in [-0.39, 0.29) is 0 Å². The molecule has 2 aromatic carbocycles. The van der Waals surface area contributed by atoms with Crippen LogP contribution in [0.4, 0.5) is 5.69 Å². The van der Waals surface area contributed by atoms with Crippen molar-refractivity contribution in [2.75, 3.05) is 18.6 Å². The fourth-order valence-corrected chi connectivity index (χ4v) is 3.63. The van der Waals surface area contributed by atoms with Crippen molar-refractivity contribution in [1.82, 2.24) is 10.1 Å². The molecule has 0 aliphatic carbocycles. The first kappa shape index (κ1) is 16.8. The number of hydrogen-bond donors (Lipinski definition) is 0. The summed E-state index contributed by atoms with van der Waals surface area (Å²) < 4.78 is 10.5. The second-order valence-electron chi connectivity index (χ2n) is 6.57. The Labute approximate surface area is 153 Å².